The molecule has 0 aliphatic carbocycles. The summed E-state index contributed by atoms with van der Waals surface area (Å²) in [7, 11) is 0. The van der Waals surface area contributed by atoms with Crippen molar-refractivity contribution in [1.82, 2.24) is 5.32 Å². The van der Waals surface area contributed by atoms with Crippen molar-refractivity contribution in [2.24, 2.45) is 0 Å². The Kier molecular flexibility index (Phi) is 7.12. The predicted octanol–water partition coefficient (Wildman–Crippen LogP) is 5.15. The Morgan fingerprint density at radius 3 is 2.15 bits per heavy atom. The lowest BCUT2D eigenvalue weighted by Crippen LogP contribution is -2.37. The highest BCUT2D eigenvalue weighted by Gasteiger charge is 2.43. The maximum absolute atomic E-state index is 12.4. The average Bonchev–Trinajstić information content (AvgIpc) is 3.17. The fourth-order valence-corrected chi connectivity index (χ4v) is 4.37. The Morgan fingerprint density at radius 1 is 0.818 bits per heavy atom. The molecule has 6 nitrogen and oxygen atoms in total. The molecular formula is C23H15Cl4NO5. The van der Waals surface area contributed by atoms with Gasteiger partial charge in [-0.2, -0.15) is 0 Å². The summed E-state index contributed by atoms with van der Waals surface area (Å²) in [6, 6.07) is 9.84. The number of dihydropyridines is 1. The first kappa shape index (κ1) is 23.8. The number of esters is 1. The zero-order valence-electron chi connectivity index (χ0n) is 16.8. The number of ether oxygens (including phenoxy) is 2. The van der Waals surface area contributed by atoms with E-state index in [2.05, 4.69) is 5.32 Å². The molecule has 1 atom stereocenters. The SMILES string of the molecule is O=C1COCC2=C1C(c1ccc(Cl)c(Cl)c1)C1=C(COC1=O)N2.O=Cc1ccc(Cl)c(Cl)c1. The van der Waals surface area contributed by atoms with Crippen LogP contribution in [-0.2, 0) is 19.1 Å². The van der Waals surface area contributed by atoms with E-state index in [4.69, 9.17) is 55.9 Å². The number of halogens is 4. The van der Waals surface area contributed by atoms with Crippen molar-refractivity contribution in [3.05, 3.63) is 90.2 Å². The van der Waals surface area contributed by atoms with E-state index in [1.54, 1.807) is 30.3 Å². The monoisotopic (exact) mass is 525 g/mol. The number of Topliss-reactive ketones (excluding diaryl/α,β-unsaturated/α-hetero) is 1. The second-order valence-electron chi connectivity index (χ2n) is 7.30. The highest BCUT2D eigenvalue weighted by atomic mass is 35.5. The lowest BCUT2D eigenvalue weighted by Gasteiger charge is -2.31. The fourth-order valence-electron chi connectivity index (χ4n) is 3.76. The van der Waals surface area contributed by atoms with E-state index in [1.165, 1.54) is 6.07 Å². The first-order chi connectivity index (χ1) is 15.8. The number of benzene rings is 2. The molecule has 0 saturated carbocycles. The number of carbonyl (C=O) groups excluding carboxylic acids is 3. The molecule has 0 radical (unpaired) electrons. The molecule has 2 aromatic rings. The molecule has 1 N–H and O–H groups in total. The summed E-state index contributed by atoms with van der Waals surface area (Å²) >= 11 is 23.3. The van der Waals surface area contributed by atoms with Gasteiger partial charge in [-0.25, -0.2) is 4.79 Å². The summed E-state index contributed by atoms with van der Waals surface area (Å²) in [6.45, 7) is 0.455. The minimum absolute atomic E-state index is 0.00397. The van der Waals surface area contributed by atoms with Crippen molar-refractivity contribution in [2.75, 3.05) is 19.8 Å². The van der Waals surface area contributed by atoms with Gasteiger partial charge in [0.1, 0.15) is 19.5 Å². The van der Waals surface area contributed by atoms with E-state index in [1.807, 2.05) is 0 Å². The standard InChI is InChI=1S/C16H11Cl2NO4.C7H4Cl2O/c17-8-2-1-7(3-9(8)18)13-14-10(4-22-6-12(14)20)19-11-5-23-16(21)15(11)13;8-6-2-1-5(4-10)3-7(6)9/h1-3,13,19H,4-6H2;1-4H. The van der Waals surface area contributed by atoms with Gasteiger partial charge in [-0.3, -0.25) is 9.59 Å². The molecule has 0 fully saturated rings. The van der Waals surface area contributed by atoms with Crippen molar-refractivity contribution in [2.45, 2.75) is 5.92 Å². The van der Waals surface area contributed by atoms with E-state index in [0.29, 0.717) is 54.8 Å². The molecule has 3 aliphatic rings. The number of hydrogen-bond donors (Lipinski definition) is 1. The molecule has 1 unspecified atom stereocenters. The van der Waals surface area contributed by atoms with Crippen LogP contribution >= 0.6 is 46.4 Å². The van der Waals surface area contributed by atoms with Crippen LogP contribution in [0.15, 0.2) is 58.9 Å². The van der Waals surface area contributed by atoms with Crippen LogP contribution in [0.4, 0.5) is 0 Å². The first-order valence-corrected chi connectivity index (χ1v) is 11.2. The molecule has 170 valence electrons. The van der Waals surface area contributed by atoms with E-state index < -0.39 is 11.9 Å². The Labute approximate surface area is 209 Å². The lowest BCUT2D eigenvalue weighted by atomic mass is 9.78. The maximum Gasteiger partial charge on any atom is 0.337 e. The summed E-state index contributed by atoms with van der Waals surface area (Å²) in [6.07, 6.45) is 0.724. The number of nitrogens with one attached hydrogen (secondary N) is 1. The molecule has 0 spiro atoms. The van der Waals surface area contributed by atoms with E-state index in [0.717, 1.165) is 11.8 Å². The van der Waals surface area contributed by atoms with Gasteiger partial charge in [0.25, 0.3) is 0 Å². The van der Waals surface area contributed by atoms with Crippen molar-refractivity contribution in [3.63, 3.8) is 0 Å². The molecule has 0 bridgehead atoms. The number of ketones is 1. The minimum Gasteiger partial charge on any atom is -0.456 e. The van der Waals surface area contributed by atoms with Gasteiger partial charge < -0.3 is 14.8 Å². The second kappa shape index (κ2) is 9.87. The zero-order chi connectivity index (χ0) is 23.7. The molecule has 0 amide bonds. The summed E-state index contributed by atoms with van der Waals surface area (Å²) in [5.74, 6) is -1.09. The van der Waals surface area contributed by atoms with Crippen LogP contribution in [0.2, 0.25) is 20.1 Å². The van der Waals surface area contributed by atoms with Gasteiger partial charge in [-0.15, -0.1) is 0 Å². The number of hydrogen-bond acceptors (Lipinski definition) is 6. The van der Waals surface area contributed by atoms with Crippen LogP contribution in [0, 0.1) is 0 Å². The topological polar surface area (TPSA) is 81.7 Å². The highest BCUT2D eigenvalue weighted by molar-refractivity contribution is 6.42. The fraction of sp³-hybridized carbons (Fsp3) is 0.174. The van der Waals surface area contributed by atoms with Crippen LogP contribution in [0.3, 0.4) is 0 Å². The molecule has 2 aromatic carbocycles. The van der Waals surface area contributed by atoms with Crippen molar-refractivity contribution in [3.8, 4) is 0 Å². The Balaban J connectivity index is 0.000000219. The molecule has 3 aliphatic heterocycles. The van der Waals surface area contributed by atoms with Crippen LogP contribution < -0.4 is 5.32 Å². The van der Waals surface area contributed by atoms with Crippen LogP contribution in [-0.4, -0.2) is 37.9 Å². The summed E-state index contributed by atoms with van der Waals surface area (Å²) in [5.41, 5.74) is 3.60. The lowest BCUT2D eigenvalue weighted by molar-refractivity contribution is -0.136. The molecule has 0 saturated heterocycles. The van der Waals surface area contributed by atoms with Crippen molar-refractivity contribution < 1.29 is 23.9 Å². The normalized spacial score (nSPS) is 19.2. The van der Waals surface area contributed by atoms with Crippen LogP contribution in [0.5, 0.6) is 0 Å². The van der Waals surface area contributed by atoms with E-state index in [9.17, 15) is 14.4 Å². The molecule has 10 heteroatoms. The van der Waals surface area contributed by atoms with Crippen molar-refractivity contribution in [1.29, 1.82) is 0 Å². The quantitative estimate of drug-likeness (QED) is 0.430. The molecule has 3 heterocycles. The number of carbonyl (C=O) groups is 3. The minimum atomic E-state index is -0.512. The Bertz CT molecular complexity index is 1240. The van der Waals surface area contributed by atoms with Crippen LogP contribution in [0.1, 0.15) is 21.8 Å². The van der Waals surface area contributed by atoms with Gasteiger partial charge in [0, 0.05) is 22.8 Å². The third kappa shape index (κ3) is 4.81. The van der Waals surface area contributed by atoms with Gasteiger partial charge in [-0.05, 0) is 29.8 Å². The Morgan fingerprint density at radius 2 is 1.48 bits per heavy atom. The first-order valence-electron chi connectivity index (χ1n) is 9.66. The summed E-state index contributed by atoms with van der Waals surface area (Å²) in [4.78, 5) is 34.8. The smallest absolute Gasteiger partial charge is 0.337 e. The van der Waals surface area contributed by atoms with E-state index in [-0.39, 0.29) is 19.0 Å². The third-order valence-electron chi connectivity index (χ3n) is 5.23. The number of aldehydes is 1. The van der Waals surface area contributed by atoms with Gasteiger partial charge in [0.15, 0.2) is 5.78 Å². The molecule has 0 aromatic heterocycles. The second-order valence-corrected chi connectivity index (χ2v) is 8.93. The molecule has 33 heavy (non-hydrogen) atoms. The van der Waals surface area contributed by atoms with Gasteiger partial charge in [0.2, 0.25) is 0 Å². The van der Waals surface area contributed by atoms with Gasteiger partial charge in [0.05, 0.1) is 38.0 Å². The van der Waals surface area contributed by atoms with Crippen LogP contribution in [0.25, 0.3) is 0 Å². The summed E-state index contributed by atoms with van der Waals surface area (Å²) < 4.78 is 10.4. The Hall–Kier alpha value is -2.35. The zero-order valence-corrected chi connectivity index (χ0v) is 19.8. The summed E-state index contributed by atoms with van der Waals surface area (Å²) in [5, 5.41) is 4.78. The molecule has 5 rings (SSSR count). The maximum atomic E-state index is 12.4. The van der Waals surface area contributed by atoms with E-state index >= 15 is 0 Å². The predicted molar refractivity (Wildman–Crippen MR) is 125 cm³/mol. The van der Waals surface area contributed by atoms with Gasteiger partial charge >= 0.3 is 5.97 Å². The molecular weight excluding hydrogens is 512 g/mol. The average molecular weight is 527 g/mol. The van der Waals surface area contributed by atoms with Crippen molar-refractivity contribution >= 4 is 64.4 Å². The van der Waals surface area contributed by atoms with Gasteiger partial charge in [-0.1, -0.05) is 58.5 Å². The number of cyclic esters (lactones) is 1. The highest BCUT2D eigenvalue weighted by Crippen LogP contribution is 2.43. The third-order valence-corrected chi connectivity index (χ3v) is 6.71. The largest absolute Gasteiger partial charge is 0.456 e. The number of rotatable bonds is 2.